The highest BCUT2D eigenvalue weighted by Crippen LogP contribution is 2.20. The van der Waals surface area contributed by atoms with Crippen molar-refractivity contribution in [3.63, 3.8) is 0 Å². The van der Waals surface area contributed by atoms with Crippen LogP contribution in [-0.2, 0) is 9.53 Å². The highest BCUT2D eigenvalue weighted by atomic mass is 16.5. The zero-order chi connectivity index (χ0) is 14.6. The zero-order valence-electron chi connectivity index (χ0n) is 13.2. The van der Waals surface area contributed by atoms with E-state index in [-0.39, 0.29) is 11.4 Å². The van der Waals surface area contributed by atoms with Gasteiger partial charge < -0.3 is 4.74 Å². The molecule has 0 aliphatic rings. The summed E-state index contributed by atoms with van der Waals surface area (Å²) in [5.74, 6) is -0.0341. The van der Waals surface area contributed by atoms with Gasteiger partial charge in [-0.05, 0) is 31.1 Å². The summed E-state index contributed by atoms with van der Waals surface area (Å²) in [6, 6.07) is 0. The van der Waals surface area contributed by atoms with Crippen LogP contribution in [0.4, 0.5) is 0 Å². The molecule has 0 atom stereocenters. The molecule has 0 aromatic rings. The third-order valence-electron chi connectivity index (χ3n) is 3.62. The van der Waals surface area contributed by atoms with E-state index in [1.54, 1.807) is 0 Å². The highest BCUT2D eigenvalue weighted by molar-refractivity contribution is 5.69. The number of carbonyl (C=O) groups excluding carboxylic acids is 1. The van der Waals surface area contributed by atoms with Crippen LogP contribution in [0.1, 0.15) is 78.6 Å². The molecule has 2 heteroatoms. The van der Waals surface area contributed by atoms with Crippen molar-refractivity contribution >= 4 is 5.97 Å². The van der Waals surface area contributed by atoms with E-state index < -0.39 is 0 Å². The fourth-order valence-electron chi connectivity index (χ4n) is 1.72. The van der Waals surface area contributed by atoms with Crippen molar-refractivity contribution in [3.8, 4) is 0 Å². The number of esters is 1. The van der Waals surface area contributed by atoms with Gasteiger partial charge >= 0.3 is 5.97 Å². The average molecular weight is 268 g/mol. The molecule has 0 amide bonds. The minimum atomic E-state index is -0.0341. The molecule has 0 aromatic carbocycles. The minimum absolute atomic E-state index is 0.0341. The molecule has 0 N–H and O–H groups in total. The predicted octanol–water partition coefficient (Wildman–Crippen LogP) is 5.27. The SMILES string of the molecule is C=CCCCCCCCCC(=O)OCC(C)(C)CC. The zero-order valence-corrected chi connectivity index (χ0v) is 13.2. The van der Waals surface area contributed by atoms with Crippen LogP contribution in [0, 0.1) is 5.41 Å². The number of unbranched alkanes of at least 4 members (excludes halogenated alkanes) is 6. The molecule has 0 saturated carbocycles. The summed E-state index contributed by atoms with van der Waals surface area (Å²) < 4.78 is 5.31. The maximum Gasteiger partial charge on any atom is 0.305 e. The number of rotatable bonds is 12. The molecule has 0 rings (SSSR count). The van der Waals surface area contributed by atoms with Gasteiger partial charge in [0.1, 0.15) is 0 Å². The van der Waals surface area contributed by atoms with E-state index in [2.05, 4.69) is 27.4 Å². The Bertz CT molecular complexity index is 244. The number of allylic oxidation sites excluding steroid dienone is 1. The van der Waals surface area contributed by atoms with Gasteiger partial charge in [0, 0.05) is 6.42 Å². The minimum Gasteiger partial charge on any atom is -0.465 e. The van der Waals surface area contributed by atoms with Gasteiger partial charge in [-0.1, -0.05) is 52.5 Å². The summed E-state index contributed by atoms with van der Waals surface area (Å²) in [6.07, 6.45) is 11.8. The number of hydrogen-bond acceptors (Lipinski definition) is 2. The molecule has 0 aliphatic heterocycles. The number of carbonyl (C=O) groups is 1. The lowest BCUT2D eigenvalue weighted by Crippen LogP contribution is -2.20. The molecule has 0 unspecified atom stereocenters. The summed E-state index contributed by atoms with van der Waals surface area (Å²) >= 11 is 0. The normalized spacial score (nSPS) is 11.3. The van der Waals surface area contributed by atoms with Crippen LogP contribution in [0.2, 0.25) is 0 Å². The Morgan fingerprint density at radius 2 is 1.68 bits per heavy atom. The Hall–Kier alpha value is -0.790. The fourth-order valence-corrected chi connectivity index (χ4v) is 1.72. The molecule has 0 aromatic heterocycles. The molecule has 2 nitrogen and oxygen atoms in total. The van der Waals surface area contributed by atoms with Gasteiger partial charge in [0.05, 0.1) is 6.61 Å². The van der Waals surface area contributed by atoms with Gasteiger partial charge in [-0.25, -0.2) is 0 Å². The Balaban J connectivity index is 3.36. The maximum atomic E-state index is 11.5. The van der Waals surface area contributed by atoms with Gasteiger partial charge in [0.15, 0.2) is 0 Å². The standard InChI is InChI=1S/C17H32O2/c1-5-7-8-9-10-11-12-13-14-16(18)19-15-17(3,4)6-2/h5H,1,6-15H2,2-4H3. The van der Waals surface area contributed by atoms with Crippen molar-refractivity contribution in [1.82, 2.24) is 0 Å². The Morgan fingerprint density at radius 1 is 1.11 bits per heavy atom. The molecule has 112 valence electrons. The second-order valence-electron chi connectivity index (χ2n) is 6.13. The monoisotopic (exact) mass is 268 g/mol. The van der Waals surface area contributed by atoms with Crippen molar-refractivity contribution in [2.75, 3.05) is 6.61 Å². The van der Waals surface area contributed by atoms with Crippen LogP contribution >= 0.6 is 0 Å². The van der Waals surface area contributed by atoms with Crippen LogP contribution < -0.4 is 0 Å². The first kappa shape index (κ1) is 18.2. The largest absolute Gasteiger partial charge is 0.465 e. The molecular weight excluding hydrogens is 236 g/mol. The van der Waals surface area contributed by atoms with E-state index in [4.69, 9.17) is 4.74 Å². The first-order valence-electron chi connectivity index (χ1n) is 7.78. The summed E-state index contributed by atoms with van der Waals surface area (Å²) in [5.41, 5.74) is 0.112. The molecule has 0 radical (unpaired) electrons. The van der Waals surface area contributed by atoms with Gasteiger partial charge in [-0.15, -0.1) is 6.58 Å². The fraction of sp³-hybridized carbons (Fsp3) is 0.824. The Morgan fingerprint density at radius 3 is 2.26 bits per heavy atom. The second-order valence-corrected chi connectivity index (χ2v) is 6.13. The molecular formula is C17H32O2. The molecule has 0 aliphatic carbocycles. The van der Waals surface area contributed by atoms with Crippen molar-refractivity contribution in [3.05, 3.63) is 12.7 Å². The quantitative estimate of drug-likeness (QED) is 0.274. The van der Waals surface area contributed by atoms with Crippen LogP contribution in [0.15, 0.2) is 12.7 Å². The first-order valence-corrected chi connectivity index (χ1v) is 7.78. The van der Waals surface area contributed by atoms with Crippen molar-refractivity contribution in [2.45, 2.75) is 78.6 Å². The Kier molecular flexibility index (Phi) is 10.6. The summed E-state index contributed by atoms with van der Waals surface area (Å²) in [5, 5.41) is 0. The van der Waals surface area contributed by atoms with E-state index in [9.17, 15) is 4.79 Å². The van der Waals surface area contributed by atoms with Gasteiger partial charge in [0.2, 0.25) is 0 Å². The summed E-state index contributed by atoms with van der Waals surface area (Å²) in [6.45, 7) is 10.6. The summed E-state index contributed by atoms with van der Waals surface area (Å²) in [4.78, 5) is 11.5. The van der Waals surface area contributed by atoms with E-state index in [0.717, 1.165) is 25.7 Å². The second kappa shape index (κ2) is 11.1. The van der Waals surface area contributed by atoms with Gasteiger partial charge in [-0.3, -0.25) is 4.79 Å². The molecule has 0 heterocycles. The van der Waals surface area contributed by atoms with Crippen LogP contribution in [0.3, 0.4) is 0 Å². The molecule has 0 saturated heterocycles. The van der Waals surface area contributed by atoms with Crippen molar-refractivity contribution < 1.29 is 9.53 Å². The van der Waals surface area contributed by atoms with E-state index in [1.165, 1.54) is 25.7 Å². The van der Waals surface area contributed by atoms with Crippen molar-refractivity contribution in [2.24, 2.45) is 5.41 Å². The summed E-state index contributed by atoms with van der Waals surface area (Å²) in [7, 11) is 0. The lowest BCUT2D eigenvalue weighted by Gasteiger charge is -2.21. The van der Waals surface area contributed by atoms with E-state index in [1.807, 2.05) is 6.08 Å². The highest BCUT2D eigenvalue weighted by Gasteiger charge is 2.17. The van der Waals surface area contributed by atoms with Crippen LogP contribution in [0.5, 0.6) is 0 Å². The van der Waals surface area contributed by atoms with Crippen LogP contribution in [-0.4, -0.2) is 12.6 Å². The topological polar surface area (TPSA) is 26.3 Å². The average Bonchev–Trinajstić information content (AvgIpc) is 2.39. The third kappa shape index (κ3) is 12.0. The lowest BCUT2D eigenvalue weighted by atomic mass is 9.92. The number of hydrogen-bond donors (Lipinski definition) is 0. The van der Waals surface area contributed by atoms with Gasteiger partial charge in [0.25, 0.3) is 0 Å². The third-order valence-corrected chi connectivity index (χ3v) is 3.62. The Labute approximate surface area is 119 Å². The van der Waals surface area contributed by atoms with E-state index >= 15 is 0 Å². The van der Waals surface area contributed by atoms with Crippen LogP contribution in [0.25, 0.3) is 0 Å². The van der Waals surface area contributed by atoms with Crippen molar-refractivity contribution in [1.29, 1.82) is 0 Å². The first-order chi connectivity index (χ1) is 9.02. The molecule has 0 fully saturated rings. The predicted molar refractivity (Wildman–Crippen MR) is 82.2 cm³/mol. The maximum absolute atomic E-state index is 11.5. The molecule has 0 bridgehead atoms. The smallest absolute Gasteiger partial charge is 0.305 e. The lowest BCUT2D eigenvalue weighted by molar-refractivity contribution is -0.146. The number of ether oxygens (including phenoxy) is 1. The molecule has 19 heavy (non-hydrogen) atoms. The van der Waals surface area contributed by atoms with Gasteiger partial charge in [-0.2, -0.15) is 0 Å². The molecule has 0 spiro atoms. The van der Waals surface area contributed by atoms with E-state index in [0.29, 0.717) is 13.0 Å².